The Morgan fingerprint density at radius 3 is 1.94 bits per heavy atom. The number of carbonyl (C=O) groups excluding carboxylic acids is 2. The Labute approximate surface area is 193 Å². The van der Waals surface area contributed by atoms with Crippen molar-refractivity contribution in [2.24, 2.45) is 5.16 Å². The highest BCUT2D eigenvalue weighted by Gasteiger charge is 2.17. The molecule has 3 aromatic rings. The van der Waals surface area contributed by atoms with Gasteiger partial charge in [-0.3, -0.25) is 4.79 Å². The maximum atomic E-state index is 13.0. The third kappa shape index (κ3) is 6.56. The van der Waals surface area contributed by atoms with Crippen LogP contribution in [-0.4, -0.2) is 30.3 Å². The third-order valence-corrected chi connectivity index (χ3v) is 5.57. The Kier molecular flexibility index (Phi) is 8.63. The van der Waals surface area contributed by atoms with Crippen molar-refractivity contribution in [2.75, 3.05) is 17.7 Å². The molecular formula is C26H26N2O3S. The Balaban J connectivity index is 1.76. The highest BCUT2D eigenvalue weighted by Crippen LogP contribution is 2.25. The molecule has 0 saturated heterocycles. The Bertz CT molecular complexity index is 1010. The maximum absolute atomic E-state index is 13.0. The zero-order chi connectivity index (χ0) is 22.8. The van der Waals surface area contributed by atoms with Gasteiger partial charge in [0.1, 0.15) is 5.71 Å². The molecule has 0 spiro atoms. The number of hydrogen-bond acceptors (Lipinski definition) is 6. The number of oxime groups is 1. The molecule has 0 saturated carbocycles. The molecule has 0 unspecified atom stereocenters. The summed E-state index contributed by atoms with van der Waals surface area (Å²) in [5.41, 5.74) is 2.89. The number of ketones is 1. The molecule has 0 fully saturated rings. The summed E-state index contributed by atoms with van der Waals surface area (Å²) < 4.78 is 0. The van der Waals surface area contributed by atoms with Crippen LogP contribution in [0.4, 0.5) is 11.4 Å². The minimum atomic E-state index is -0.553. The molecule has 0 radical (unpaired) electrons. The van der Waals surface area contributed by atoms with Crippen LogP contribution < -0.4 is 4.90 Å². The van der Waals surface area contributed by atoms with Gasteiger partial charge in [-0.05, 0) is 67.6 Å². The summed E-state index contributed by atoms with van der Waals surface area (Å²) >= 11 is 1.61. The number of rotatable bonds is 10. The summed E-state index contributed by atoms with van der Waals surface area (Å²) in [5, 5.41) is 3.88. The van der Waals surface area contributed by atoms with E-state index in [9.17, 15) is 9.59 Å². The van der Waals surface area contributed by atoms with E-state index in [0.29, 0.717) is 24.9 Å². The SMILES string of the molecule is CSc1ccc(C(=O)/C(CCCN(c2ccccc2)c2ccccc2)=N/OC(C)=O)cc1. The normalized spacial score (nSPS) is 11.1. The van der Waals surface area contributed by atoms with Crippen molar-refractivity contribution >= 4 is 40.6 Å². The molecule has 0 N–H and O–H groups in total. The Hall–Kier alpha value is -3.38. The zero-order valence-electron chi connectivity index (χ0n) is 18.2. The number of carbonyl (C=O) groups is 2. The lowest BCUT2D eigenvalue weighted by Gasteiger charge is -2.25. The van der Waals surface area contributed by atoms with Crippen LogP contribution in [0.15, 0.2) is 95.0 Å². The number of benzene rings is 3. The second-order valence-electron chi connectivity index (χ2n) is 7.10. The fraction of sp³-hybridized carbons (Fsp3) is 0.192. The Morgan fingerprint density at radius 2 is 1.44 bits per heavy atom. The molecule has 0 amide bonds. The van der Waals surface area contributed by atoms with E-state index in [4.69, 9.17) is 4.84 Å². The summed E-state index contributed by atoms with van der Waals surface area (Å²) in [6.45, 7) is 1.94. The molecule has 0 aliphatic carbocycles. The fourth-order valence-electron chi connectivity index (χ4n) is 3.26. The van der Waals surface area contributed by atoms with Gasteiger partial charge in [-0.25, -0.2) is 4.79 Å². The largest absolute Gasteiger partial charge is 0.341 e. The third-order valence-electron chi connectivity index (χ3n) is 4.83. The van der Waals surface area contributed by atoms with E-state index < -0.39 is 5.97 Å². The van der Waals surface area contributed by atoms with Crippen LogP contribution in [0.2, 0.25) is 0 Å². The topological polar surface area (TPSA) is 59.0 Å². The molecule has 6 heteroatoms. The van der Waals surface area contributed by atoms with E-state index >= 15 is 0 Å². The number of Topliss-reactive ketones (excluding diaryl/α,β-unsaturated/α-hetero) is 1. The molecule has 32 heavy (non-hydrogen) atoms. The molecule has 3 aromatic carbocycles. The van der Waals surface area contributed by atoms with Crippen LogP contribution in [0.5, 0.6) is 0 Å². The summed E-state index contributed by atoms with van der Waals surface area (Å²) in [6.07, 6.45) is 3.01. The predicted octanol–water partition coefficient (Wildman–Crippen LogP) is 6.13. The quantitative estimate of drug-likeness (QED) is 0.123. The molecule has 0 bridgehead atoms. The van der Waals surface area contributed by atoms with Gasteiger partial charge in [0.2, 0.25) is 5.78 Å². The van der Waals surface area contributed by atoms with Gasteiger partial charge in [0.05, 0.1) is 0 Å². The monoisotopic (exact) mass is 446 g/mol. The average Bonchev–Trinajstić information content (AvgIpc) is 2.84. The first kappa shape index (κ1) is 23.3. The zero-order valence-corrected chi connectivity index (χ0v) is 19.0. The van der Waals surface area contributed by atoms with Gasteiger partial charge in [0, 0.05) is 35.3 Å². The molecule has 164 valence electrons. The highest BCUT2D eigenvalue weighted by molar-refractivity contribution is 7.98. The summed E-state index contributed by atoms with van der Waals surface area (Å²) in [4.78, 5) is 32.4. The maximum Gasteiger partial charge on any atom is 0.331 e. The summed E-state index contributed by atoms with van der Waals surface area (Å²) in [6, 6.07) is 27.5. The van der Waals surface area contributed by atoms with E-state index in [-0.39, 0.29) is 11.5 Å². The highest BCUT2D eigenvalue weighted by atomic mass is 32.2. The summed E-state index contributed by atoms with van der Waals surface area (Å²) in [7, 11) is 0. The van der Waals surface area contributed by atoms with Gasteiger partial charge in [-0.15, -0.1) is 11.8 Å². The fourth-order valence-corrected chi connectivity index (χ4v) is 3.67. The molecule has 0 heterocycles. The van der Waals surface area contributed by atoms with E-state index in [1.165, 1.54) is 6.92 Å². The lowest BCUT2D eigenvalue weighted by Crippen LogP contribution is -2.21. The van der Waals surface area contributed by atoms with E-state index in [2.05, 4.69) is 34.3 Å². The van der Waals surface area contributed by atoms with Crippen LogP contribution in [0, 0.1) is 0 Å². The molecule has 0 aliphatic rings. The van der Waals surface area contributed by atoms with Gasteiger partial charge < -0.3 is 9.74 Å². The molecular weight excluding hydrogens is 420 g/mol. The standard InChI is InChI=1S/C26H26N2O3S/c1-20(29)31-27-25(26(30)21-15-17-24(32-2)18-16-21)14-9-19-28(22-10-5-3-6-11-22)23-12-7-4-8-13-23/h3-8,10-13,15-18H,9,14,19H2,1-2H3/b27-25+. The van der Waals surface area contributed by atoms with Crippen molar-refractivity contribution in [3.05, 3.63) is 90.5 Å². The van der Waals surface area contributed by atoms with Crippen molar-refractivity contribution in [3.63, 3.8) is 0 Å². The van der Waals surface area contributed by atoms with Gasteiger partial charge in [0.25, 0.3) is 0 Å². The van der Waals surface area contributed by atoms with Gasteiger partial charge >= 0.3 is 5.97 Å². The number of hydrogen-bond donors (Lipinski definition) is 0. The second-order valence-corrected chi connectivity index (χ2v) is 7.98. The first-order valence-electron chi connectivity index (χ1n) is 10.4. The van der Waals surface area contributed by atoms with Crippen LogP contribution in [0.3, 0.4) is 0 Å². The van der Waals surface area contributed by atoms with Crippen molar-refractivity contribution < 1.29 is 14.4 Å². The molecule has 3 rings (SSSR count). The van der Waals surface area contributed by atoms with Crippen LogP contribution in [0.25, 0.3) is 0 Å². The van der Waals surface area contributed by atoms with Crippen molar-refractivity contribution in [3.8, 4) is 0 Å². The number of anilines is 2. The molecule has 0 aliphatic heterocycles. The minimum absolute atomic E-state index is 0.232. The molecule has 0 atom stereocenters. The summed E-state index contributed by atoms with van der Waals surface area (Å²) in [5.74, 6) is -0.784. The van der Waals surface area contributed by atoms with Crippen LogP contribution >= 0.6 is 11.8 Å². The predicted molar refractivity (Wildman–Crippen MR) is 131 cm³/mol. The van der Waals surface area contributed by atoms with E-state index in [0.717, 1.165) is 16.3 Å². The number of para-hydroxylation sites is 2. The smallest absolute Gasteiger partial charge is 0.331 e. The van der Waals surface area contributed by atoms with Gasteiger partial charge in [-0.2, -0.15) is 0 Å². The van der Waals surface area contributed by atoms with Gasteiger partial charge in [0.15, 0.2) is 0 Å². The lowest BCUT2D eigenvalue weighted by molar-refractivity contribution is -0.140. The second kappa shape index (κ2) is 11.9. The first-order chi connectivity index (χ1) is 15.6. The van der Waals surface area contributed by atoms with Crippen LogP contribution in [-0.2, 0) is 9.63 Å². The number of thioether (sulfide) groups is 1. The molecule has 0 aromatic heterocycles. The van der Waals surface area contributed by atoms with Crippen molar-refractivity contribution in [1.29, 1.82) is 0 Å². The molecule has 5 nitrogen and oxygen atoms in total. The van der Waals surface area contributed by atoms with Crippen molar-refractivity contribution in [1.82, 2.24) is 0 Å². The Morgan fingerprint density at radius 1 is 0.875 bits per heavy atom. The van der Waals surface area contributed by atoms with Crippen LogP contribution in [0.1, 0.15) is 30.1 Å². The number of nitrogens with zero attached hydrogens (tertiary/aromatic N) is 2. The van der Waals surface area contributed by atoms with E-state index in [1.807, 2.05) is 54.8 Å². The minimum Gasteiger partial charge on any atom is -0.341 e. The van der Waals surface area contributed by atoms with Crippen molar-refractivity contribution in [2.45, 2.75) is 24.7 Å². The average molecular weight is 447 g/mol. The first-order valence-corrected chi connectivity index (χ1v) is 11.6. The van der Waals surface area contributed by atoms with Gasteiger partial charge in [-0.1, -0.05) is 41.6 Å². The van der Waals surface area contributed by atoms with E-state index in [1.54, 1.807) is 23.9 Å². The lowest BCUT2D eigenvalue weighted by atomic mass is 10.0.